The summed E-state index contributed by atoms with van der Waals surface area (Å²) in [6.45, 7) is 4.11. The van der Waals surface area contributed by atoms with Crippen molar-refractivity contribution >= 4 is 22.9 Å². The molecule has 0 aliphatic rings. The second kappa shape index (κ2) is 4.58. The third kappa shape index (κ3) is 2.14. The Morgan fingerprint density at radius 2 is 1.94 bits per heavy atom. The molecule has 2 rings (SSSR count). The van der Waals surface area contributed by atoms with Crippen LogP contribution in [-0.2, 0) is 0 Å². The van der Waals surface area contributed by atoms with Crippen LogP contribution in [0.3, 0.4) is 0 Å². The van der Waals surface area contributed by atoms with Crippen LogP contribution in [0, 0.1) is 13.8 Å². The van der Waals surface area contributed by atoms with Gasteiger partial charge in [-0.3, -0.25) is 0 Å². The maximum absolute atomic E-state index is 10.2. The van der Waals surface area contributed by atoms with Gasteiger partial charge in [-0.2, -0.15) is 0 Å². The molecule has 84 valence electrons. The van der Waals surface area contributed by atoms with Gasteiger partial charge >= 0.3 is 0 Å². The van der Waals surface area contributed by atoms with E-state index in [9.17, 15) is 5.11 Å². The van der Waals surface area contributed by atoms with Gasteiger partial charge in [-0.05, 0) is 31.5 Å². The van der Waals surface area contributed by atoms with Gasteiger partial charge in [0.15, 0.2) is 0 Å². The van der Waals surface area contributed by atoms with Gasteiger partial charge in [-0.1, -0.05) is 29.8 Å². The first kappa shape index (κ1) is 11.6. The highest BCUT2D eigenvalue weighted by molar-refractivity contribution is 7.12. The molecular weight excluding hydrogens is 240 g/mol. The molecule has 2 aromatic rings. The summed E-state index contributed by atoms with van der Waals surface area (Å²) in [5, 5.41) is 10.8. The summed E-state index contributed by atoms with van der Waals surface area (Å²) < 4.78 is 0. The number of halogens is 1. The highest BCUT2D eigenvalue weighted by atomic mass is 35.5. The number of aryl methyl sites for hydroxylation is 2. The molecule has 16 heavy (non-hydrogen) atoms. The molecule has 1 unspecified atom stereocenters. The molecule has 0 bridgehead atoms. The van der Waals surface area contributed by atoms with E-state index in [-0.39, 0.29) is 0 Å². The molecule has 0 radical (unpaired) electrons. The van der Waals surface area contributed by atoms with Gasteiger partial charge < -0.3 is 5.11 Å². The molecule has 1 nitrogen and oxygen atoms in total. The van der Waals surface area contributed by atoms with Crippen molar-refractivity contribution in [2.75, 3.05) is 0 Å². The van der Waals surface area contributed by atoms with Crippen LogP contribution in [0.5, 0.6) is 0 Å². The van der Waals surface area contributed by atoms with Crippen LogP contribution in [0.25, 0.3) is 0 Å². The smallest absolute Gasteiger partial charge is 0.115 e. The van der Waals surface area contributed by atoms with E-state index in [2.05, 4.69) is 13.8 Å². The Labute approximate surface area is 104 Å². The van der Waals surface area contributed by atoms with Crippen molar-refractivity contribution in [3.63, 3.8) is 0 Å². The third-order valence-electron chi connectivity index (χ3n) is 2.65. The fourth-order valence-electron chi connectivity index (χ4n) is 1.59. The molecule has 0 aliphatic carbocycles. The number of aliphatic hydroxyl groups is 1. The van der Waals surface area contributed by atoms with Crippen molar-refractivity contribution < 1.29 is 5.11 Å². The highest BCUT2D eigenvalue weighted by Gasteiger charge is 2.16. The van der Waals surface area contributed by atoms with Crippen molar-refractivity contribution in [2.45, 2.75) is 20.0 Å². The Morgan fingerprint density at radius 1 is 1.25 bits per heavy atom. The molecule has 0 fully saturated rings. The van der Waals surface area contributed by atoms with Crippen molar-refractivity contribution in [2.24, 2.45) is 0 Å². The molecule has 1 atom stereocenters. The van der Waals surface area contributed by atoms with E-state index in [1.165, 1.54) is 10.4 Å². The van der Waals surface area contributed by atoms with Crippen LogP contribution in [0.4, 0.5) is 0 Å². The summed E-state index contributed by atoms with van der Waals surface area (Å²) in [5.74, 6) is 0. The Morgan fingerprint density at radius 3 is 2.50 bits per heavy atom. The molecule has 0 aliphatic heterocycles. The van der Waals surface area contributed by atoms with Gasteiger partial charge in [0.05, 0.1) is 0 Å². The average Bonchev–Trinajstić information content (AvgIpc) is 2.59. The van der Waals surface area contributed by atoms with Gasteiger partial charge in [0.25, 0.3) is 0 Å². The van der Waals surface area contributed by atoms with E-state index in [1.807, 2.05) is 24.3 Å². The monoisotopic (exact) mass is 252 g/mol. The predicted molar refractivity (Wildman–Crippen MR) is 69.3 cm³/mol. The first-order chi connectivity index (χ1) is 7.59. The summed E-state index contributed by atoms with van der Waals surface area (Å²) in [5.41, 5.74) is 1.98. The number of hydrogen-bond acceptors (Lipinski definition) is 2. The lowest BCUT2D eigenvalue weighted by atomic mass is 10.1. The van der Waals surface area contributed by atoms with Crippen LogP contribution >= 0.6 is 22.9 Å². The third-order valence-corrected chi connectivity index (χ3v) is 4.20. The fraction of sp³-hybridized carbons (Fsp3) is 0.231. The van der Waals surface area contributed by atoms with Crippen LogP contribution in [-0.4, -0.2) is 5.11 Å². The van der Waals surface area contributed by atoms with Gasteiger partial charge in [-0.15, -0.1) is 11.3 Å². The van der Waals surface area contributed by atoms with Gasteiger partial charge in [0.2, 0.25) is 0 Å². The van der Waals surface area contributed by atoms with Crippen molar-refractivity contribution in [3.8, 4) is 0 Å². The average molecular weight is 253 g/mol. The van der Waals surface area contributed by atoms with Crippen LogP contribution in [0.15, 0.2) is 30.3 Å². The molecule has 0 saturated heterocycles. The fourth-order valence-corrected chi connectivity index (χ4v) is 2.87. The number of hydrogen-bond donors (Lipinski definition) is 1. The lowest BCUT2D eigenvalue weighted by Gasteiger charge is -2.10. The largest absolute Gasteiger partial charge is 0.383 e. The van der Waals surface area contributed by atoms with Gasteiger partial charge in [-0.25, -0.2) is 0 Å². The zero-order chi connectivity index (χ0) is 11.7. The van der Waals surface area contributed by atoms with E-state index < -0.39 is 6.10 Å². The minimum Gasteiger partial charge on any atom is -0.383 e. The Kier molecular flexibility index (Phi) is 3.33. The van der Waals surface area contributed by atoms with Crippen molar-refractivity contribution in [1.29, 1.82) is 0 Å². The lowest BCUT2D eigenvalue weighted by molar-refractivity contribution is 0.224. The second-order valence-electron chi connectivity index (χ2n) is 3.81. The number of aliphatic hydroxyl groups excluding tert-OH is 1. The zero-order valence-corrected chi connectivity index (χ0v) is 10.8. The molecule has 1 aromatic heterocycles. The Bertz CT molecular complexity index is 485. The molecule has 1 aromatic carbocycles. The summed E-state index contributed by atoms with van der Waals surface area (Å²) in [4.78, 5) is 2.18. The van der Waals surface area contributed by atoms with E-state index in [4.69, 9.17) is 11.6 Å². The zero-order valence-electron chi connectivity index (χ0n) is 9.20. The number of rotatable bonds is 2. The Hall–Kier alpha value is -0.830. The minimum atomic E-state index is -0.619. The summed E-state index contributed by atoms with van der Waals surface area (Å²) in [6, 6.07) is 9.43. The second-order valence-corrected chi connectivity index (χ2v) is 5.51. The maximum atomic E-state index is 10.2. The predicted octanol–water partition coefficient (Wildman–Crippen LogP) is 4.10. The SMILES string of the molecule is Cc1cc(C(O)c2ccccc2Cl)sc1C. The first-order valence-corrected chi connectivity index (χ1v) is 6.28. The van der Waals surface area contributed by atoms with Gasteiger partial charge in [0, 0.05) is 20.3 Å². The number of thiophene rings is 1. The standard InChI is InChI=1S/C13H13ClOS/c1-8-7-12(16-9(8)2)13(15)10-5-3-4-6-11(10)14/h3-7,13,15H,1-2H3. The maximum Gasteiger partial charge on any atom is 0.115 e. The first-order valence-electron chi connectivity index (χ1n) is 5.09. The van der Waals surface area contributed by atoms with Gasteiger partial charge in [0.1, 0.15) is 6.10 Å². The lowest BCUT2D eigenvalue weighted by Crippen LogP contribution is -1.97. The topological polar surface area (TPSA) is 20.2 Å². The molecule has 1 N–H and O–H groups in total. The van der Waals surface area contributed by atoms with E-state index >= 15 is 0 Å². The van der Waals surface area contributed by atoms with E-state index in [1.54, 1.807) is 17.4 Å². The molecule has 0 spiro atoms. The quantitative estimate of drug-likeness (QED) is 0.853. The Balaban J connectivity index is 2.39. The normalized spacial score (nSPS) is 12.8. The van der Waals surface area contributed by atoms with Crippen LogP contribution < -0.4 is 0 Å². The molecule has 1 heterocycles. The van der Waals surface area contributed by atoms with E-state index in [0.717, 1.165) is 10.4 Å². The summed E-state index contributed by atoms with van der Waals surface area (Å²) in [6.07, 6.45) is -0.619. The number of benzene rings is 1. The van der Waals surface area contributed by atoms with Crippen LogP contribution in [0.2, 0.25) is 5.02 Å². The highest BCUT2D eigenvalue weighted by Crippen LogP contribution is 2.33. The minimum absolute atomic E-state index is 0.610. The van der Waals surface area contributed by atoms with Crippen LogP contribution in [0.1, 0.15) is 27.0 Å². The molecule has 3 heteroatoms. The molecular formula is C13H13ClOS. The molecule has 0 amide bonds. The molecule has 0 saturated carbocycles. The van der Waals surface area contributed by atoms with Crippen molar-refractivity contribution in [1.82, 2.24) is 0 Å². The summed E-state index contributed by atoms with van der Waals surface area (Å²) in [7, 11) is 0. The summed E-state index contributed by atoms with van der Waals surface area (Å²) >= 11 is 7.68. The van der Waals surface area contributed by atoms with Crippen molar-refractivity contribution in [3.05, 3.63) is 56.2 Å². The van der Waals surface area contributed by atoms with E-state index in [0.29, 0.717) is 5.02 Å².